The molecule has 4 aliphatic rings. The fraction of sp³-hybridized carbons (Fsp3) is 0.833. The van der Waals surface area contributed by atoms with Crippen molar-refractivity contribution in [2.45, 2.75) is 32.1 Å². The quantitative estimate of drug-likeness (QED) is 0.480. The molecule has 0 aromatic carbocycles. The van der Waals surface area contributed by atoms with Crippen LogP contribution >= 0.6 is 0 Å². The summed E-state index contributed by atoms with van der Waals surface area (Å²) in [6.07, 6.45) is 6.93. The fourth-order valence-corrected chi connectivity index (χ4v) is 3.83. The van der Waals surface area contributed by atoms with E-state index in [0.717, 1.165) is 17.8 Å². The molecule has 2 fully saturated rings. The van der Waals surface area contributed by atoms with Crippen LogP contribution < -0.4 is 10.9 Å². The van der Waals surface area contributed by atoms with Gasteiger partial charge in [-0.2, -0.15) is 0 Å². The van der Waals surface area contributed by atoms with Gasteiger partial charge in [-0.15, -0.1) is 0 Å². The predicted molar refractivity (Wildman–Crippen MR) is 58.8 cm³/mol. The Morgan fingerprint density at radius 2 is 1.87 bits per heavy atom. The van der Waals surface area contributed by atoms with Gasteiger partial charge >= 0.3 is 0 Å². The van der Waals surface area contributed by atoms with Crippen molar-refractivity contribution in [1.29, 1.82) is 0 Å². The minimum absolute atomic E-state index is 0.200. The number of hydrogen-bond donors (Lipinski definition) is 3. The van der Waals surface area contributed by atoms with Crippen LogP contribution in [0.1, 0.15) is 32.1 Å². The van der Waals surface area contributed by atoms with Crippen molar-refractivity contribution in [1.82, 2.24) is 10.9 Å². The number of allylic oxidation sites excluding steroid dienone is 2. The minimum atomic E-state index is 0.200. The molecule has 0 aliphatic heterocycles. The van der Waals surface area contributed by atoms with E-state index in [1.807, 2.05) is 0 Å². The lowest BCUT2D eigenvalue weighted by molar-refractivity contribution is 0.147. The van der Waals surface area contributed by atoms with Gasteiger partial charge in [0.05, 0.1) is 6.61 Å². The summed E-state index contributed by atoms with van der Waals surface area (Å²) in [6.45, 7) is 0.835. The number of aliphatic hydroxyl groups excluding tert-OH is 1. The zero-order chi connectivity index (χ0) is 10.3. The topological polar surface area (TPSA) is 44.3 Å². The fourth-order valence-electron chi connectivity index (χ4n) is 3.83. The Morgan fingerprint density at radius 3 is 2.47 bits per heavy atom. The number of hydrazine groups is 1. The molecule has 3 nitrogen and oxygen atoms in total. The van der Waals surface area contributed by atoms with E-state index in [0.29, 0.717) is 6.54 Å². The van der Waals surface area contributed by atoms with Crippen LogP contribution in [0.2, 0.25) is 0 Å². The molecule has 0 radical (unpaired) electrons. The number of aliphatic hydroxyl groups is 1. The third kappa shape index (κ3) is 1.68. The normalized spacial score (nSPS) is 37.5. The van der Waals surface area contributed by atoms with Crippen molar-refractivity contribution < 1.29 is 5.11 Å². The van der Waals surface area contributed by atoms with Crippen LogP contribution in [0.15, 0.2) is 11.3 Å². The Hall–Kier alpha value is -0.540. The second-order valence-electron chi connectivity index (χ2n) is 5.34. The molecule has 0 saturated heterocycles. The Bertz CT molecular complexity index is 271. The van der Waals surface area contributed by atoms with E-state index in [9.17, 15) is 0 Å². The predicted octanol–water partition coefficient (Wildman–Crippen LogP) is 1.17. The Morgan fingerprint density at radius 1 is 1.13 bits per heavy atom. The molecule has 0 aromatic heterocycles. The zero-order valence-corrected chi connectivity index (χ0v) is 9.13. The first-order valence-electron chi connectivity index (χ1n) is 6.18. The van der Waals surface area contributed by atoms with E-state index < -0.39 is 0 Å². The molecule has 15 heavy (non-hydrogen) atoms. The Labute approximate surface area is 90.9 Å². The van der Waals surface area contributed by atoms with Crippen molar-refractivity contribution in [2.24, 2.45) is 17.8 Å². The van der Waals surface area contributed by atoms with Crippen LogP contribution in [-0.2, 0) is 0 Å². The van der Waals surface area contributed by atoms with Gasteiger partial charge in [0.15, 0.2) is 0 Å². The average Bonchev–Trinajstić information content (AvgIpc) is 2.21. The molecule has 0 aromatic rings. The Kier molecular flexibility index (Phi) is 2.45. The lowest BCUT2D eigenvalue weighted by Crippen LogP contribution is -2.44. The van der Waals surface area contributed by atoms with Gasteiger partial charge < -0.3 is 10.5 Å². The van der Waals surface area contributed by atoms with Gasteiger partial charge in [-0.3, -0.25) is 0 Å². The van der Waals surface area contributed by atoms with Crippen LogP contribution in [0.4, 0.5) is 0 Å². The minimum Gasteiger partial charge on any atom is -0.395 e. The molecule has 0 spiro atoms. The molecule has 3 N–H and O–H groups in total. The second-order valence-corrected chi connectivity index (χ2v) is 5.34. The van der Waals surface area contributed by atoms with Crippen LogP contribution in [0.25, 0.3) is 0 Å². The molecule has 0 heterocycles. The number of rotatable bonds is 4. The van der Waals surface area contributed by atoms with Crippen molar-refractivity contribution in [3.05, 3.63) is 11.3 Å². The van der Waals surface area contributed by atoms with Gasteiger partial charge in [0.2, 0.25) is 0 Å². The standard InChI is InChI=1S/C12H20N2O/c15-2-1-13-14-12-10-4-8-3-9(6-10)7-11(12)5-8/h8-10,13-15H,1-7H2/t8-,9+,10?. The lowest BCUT2D eigenvalue weighted by Gasteiger charge is -2.47. The number of nitrogens with one attached hydrogen (secondary N) is 2. The zero-order valence-electron chi connectivity index (χ0n) is 9.13. The van der Waals surface area contributed by atoms with Crippen molar-refractivity contribution >= 4 is 0 Å². The highest BCUT2D eigenvalue weighted by molar-refractivity contribution is 5.25. The molecule has 84 valence electrons. The van der Waals surface area contributed by atoms with Crippen molar-refractivity contribution in [2.75, 3.05) is 13.2 Å². The monoisotopic (exact) mass is 208 g/mol. The maximum atomic E-state index is 8.73. The van der Waals surface area contributed by atoms with Gasteiger partial charge in [0.1, 0.15) is 0 Å². The van der Waals surface area contributed by atoms with E-state index in [1.54, 1.807) is 5.57 Å². The molecule has 4 aliphatic carbocycles. The first-order valence-corrected chi connectivity index (χ1v) is 6.18. The summed E-state index contributed by atoms with van der Waals surface area (Å²) in [6, 6.07) is 0. The van der Waals surface area contributed by atoms with Crippen LogP contribution in [-0.4, -0.2) is 18.3 Å². The molecule has 4 rings (SSSR count). The van der Waals surface area contributed by atoms with Gasteiger partial charge in [-0.25, -0.2) is 5.43 Å². The van der Waals surface area contributed by atoms with Crippen molar-refractivity contribution in [3.63, 3.8) is 0 Å². The van der Waals surface area contributed by atoms with Gasteiger partial charge in [0, 0.05) is 18.2 Å². The summed E-state index contributed by atoms with van der Waals surface area (Å²) in [5.74, 6) is 2.76. The molecule has 3 atom stereocenters. The highest BCUT2D eigenvalue weighted by Gasteiger charge is 2.41. The average molecular weight is 208 g/mol. The van der Waals surface area contributed by atoms with E-state index in [4.69, 9.17) is 5.11 Å². The summed E-state index contributed by atoms with van der Waals surface area (Å²) in [5, 5.41) is 8.73. The third-order valence-electron chi connectivity index (χ3n) is 4.22. The van der Waals surface area contributed by atoms with Gasteiger partial charge in [-0.05, 0) is 49.5 Å². The van der Waals surface area contributed by atoms with E-state index >= 15 is 0 Å². The molecule has 0 amide bonds. The van der Waals surface area contributed by atoms with Crippen LogP contribution in [0.3, 0.4) is 0 Å². The summed E-state index contributed by atoms with van der Waals surface area (Å²) in [5.41, 5.74) is 9.58. The lowest BCUT2D eigenvalue weighted by atomic mass is 9.60. The van der Waals surface area contributed by atoms with Crippen LogP contribution in [0.5, 0.6) is 0 Å². The molecule has 1 unspecified atom stereocenters. The summed E-state index contributed by atoms with van der Waals surface area (Å²) >= 11 is 0. The molecular formula is C12H20N2O. The molecule has 4 bridgehead atoms. The van der Waals surface area contributed by atoms with E-state index in [1.165, 1.54) is 37.8 Å². The van der Waals surface area contributed by atoms with E-state index in [-0.39, 0.29) is 6.61 Å². The highest BCUT2D eigenvalue weighted by Crippen LogP contribution is 2.52. The Balaban J connectivity index is 1.71. The summed E-state index contributed by atoms with van der Waals surface area (Å²) in [4.78, 5) is 0. The number of hydrogen-bond acceptors (Lipinski definition) is 3. The molecule has 3 heteroatoms. The molecular weight excluding hydrogens is 188 g/mol. The third-order valence-corrected chi connectivity index (χ3v) is 4.22. The van der Waals surface area contributed by atoms with Crippen LogP contribution in [0, 0.1) is 17.8 Å². The van der Waals surface area contributed by atoms with Crippen molar-refractivity contribution in [3.8, 4) is 0 Å². The summed E-state index contributed by atoms with van der Waals surface area (Å²) in [7, 11) is 0. The highest BCUT2D eigenvalue weighted by atomic mass is 16.3. The van der Waals surface area contributed by atoms with Gasteiger partial charge in [-0.1, -0.05) is 0 Å². The maximum absolute atomic E-state index is 8.73. The largest absolute Gasteiger partial charge is 0.395 e. The van der Waals surface area contributed by atoms with E-state index in [2.05, 4.69) is 10.9 Å². The first kappa shape index (κ1) is 9.67. The summed E-state index contributed by atoms with van der Waals surface area (Å²) < 4.78 is 0. The smallest absolute Gasteiger partial charge is 0.0574 e. The molecule has 2 saturated carbocycles. The maximum Gasteiger partial charge on any atom is 0.0574 e. The van der Waals surface area contributed by atoms with Gasteiger partial charge in [0.25, 0.3) is 0 Å². The SMILES string of the molecule is OCCNNC1=C2C[C@@H]3CC1C[C@H](C2)C3. The second kappa shape index (κ2) is 3.80. The first-order chi connectivity index (χ1) is 7.36.